The first-order valence-electron chi connectivity index (χ1n) is 13.3. The Morgan fingerprint density at radius 1 is 0.805 bits per heavy atom. The van der Waals surface area contributed by atoms with Gasteiger partial charge in [0, 0.05) is 67.4 Å². The molecule has 41 heavy (non-hydrogen) atoms. The molecule has 6 nitrogen and oxygen atoms in total. The molecule has 0 saturated heterocycles. The van der Waals surface area contributed by atoms with Crippen LogP contribution in [0.2, 0.25) is 0 Å². The van der Waals surface area contributed by atoms with E-state index in [0.29, 0.717) is 6.42 Å². The Kier molecular flexibility index (Phi) is 9.98. The van der Waals surface area contributed by atoms with Gasteiger partial charge in [-0.1, -0.05) is 43.0 Å². The zero-order chi connectivity index (χ0) is 29.0. The van der Waals surface area contributed by atoms with E-state index in [1.807, 2.05) is 55.0 Å². The van der Waals surface area contributed by atoms with E-state index in [9.17, 15) is 0 Å². The molecule has 0 amide bonds. The van der Waals surface area contributed by atoms with Gasteiger partial charge in [0.15, 0.2) is 0 Å². The van der Waals surface area contributed by atoms with Gasteiger partial charge in [-0.05, 0) is 82.3 Å². The Bertz CT molecular complexity index is 1610. The highest BCUT2D eigenvalue weighted by Gasteiger charge is 2.11. The van der Waals surface area contributed by atoms with Gasteiger partial charge in [0.05, 0.1) is 0 Å². The number of hydrogen-bond donors (Lipinski definition) is 3. The molecule has 2 aromatic carbocycles. The Hall–Kier alpha value is -5.25. The summed E-state index contributed by atoms with van der Waals surface area (Å²) in [5.41, 5.74) is 16.7. The third kappa shape index (κ3) is 7.66. The number of aromatic nitrogens is 3. The Balaban J connectivity index is 0.00000189. The number of terminal acetylenes is 1. The molecule has 0 radical (unpaired) electrons. The standard InChI is InChI=1S/C33H32N6.C2H2/c1-23(39-33-24(2)31(12-15-38-33)27-10-13-35-14-11-27)16-29-18-28(8-9-32(29)34)30-17-26(21-37-22-30)20-36-19-25-6-4-3-5-7-25;1-2/h3-15,17-18,21-22,36H,1,16,19-20,34H2,2H3,(H,38,39);1-2H. The molecule has 4 N–H and O–H groups in total. The van der Waals surface area contributed by atoms with Crippen molar-refractivity contribution in [3.05, 3.63) is 138 Å². The van der Waals surface area contributed by atoms with Crippen LogP contribution in [0, 0.1) is 19.8 Å². The van der Waals surface area contributed by atoms with E-state index in [1.165, 1.54) is 5.56 Å². The van der Waals surface area contributed by atoms with Crippen molar-refractivity contribution in [3.8, 4) is 35.1 Å². The van der Waals surface area contributed by atoms with Crippen LogP contribution in [-0.2, 0) is 19.5 Å². The molecule has 0 spiro atoms. The Morgan fingerprint density at radius 2 is 1.56 bits per heavy atom. The second-order valence-corrected chi connectivity index (χ2v) is 9.56. The molecule has 6 heteroatoms. The van der Waals surface area contributed by atoms with Crippen LogP contribution in [0.3, 0.4) is 0 Å². The quantitative estimate of drug-likeness (QED) is 0.134. The monoisotopic (exact) mass is 538 g/mol. The Labute approximate surface area is 242 Å². The molecule has 5 rings (SSSR count). The highest BCUT2D eigenvalue weighted by atomic mass is 15.0. The maximum absolute atomic E-state index is 6.37. The second kappa shape index (κ2) is 14.2. The van der Waals surface area contributed by atoms with Gasteiger partial charge < -0.3 is 16.4 Å². The van der Waals surface area contributed by atoms with Crippen LogP contribution in [0.15, 0.2) is 116 Å². The fraction of sp³-hybridized carbons (Fsp3) is 0.114. The van der Waals surface area contributed by atoms with E-state index in [1.54, 1.807) is 12.4 Å². The fourth-order valence-corrected chi connectivity index (χ4v) is 4.58. The van der Waals surface area contributed by atoms with Crippen molar-refractivity contribution in [1.82, 2.24) is 20.3 Å². The van der Waals surface area contributed by atoms with Crippen LogP contribution in [0.4, 0.5) is 11.5 Å². The lowest BCUT2D eigenvalue weighted by atomic mass is 9.99. The lowest BCUT2D eigenvalue weighted by molar-refractivity contribution is 0.691. The van der Waals surface area contributed by atoms with Crippen molar-refractivity contribution >= 4 is 11.5 Å². The summed E-state index contributed by atoms with van der Waals surface area (Å²) in [7, 11) is 0. The number of anilines is 2. The van der Waals surface area contributed by atoms with E-state index in [-0.39, 0.29) is 0 Å². The number of nitrogen functional groups attached to an aromatic ring is 1. The zero-order valence-electron chi connectivity index (χ0n) is 23.2. The van der Waals surface area contributed by atoms with Gasteiger partial charge in [-0.2, -0.15) is 0 Å². The average molecular weight is 539 g/mol. The second-order valence-electron chi connectivity index (χ2n) is 9.56. The number of nitrogens with one attached hydrogen (secondary N) is 2. The predicted molar refractivity (Wildman–Crippen MR) is 170 cm³/mol. The summed E-state index contributed by atoms with van der Waals surface area (Å²) in [5.74, 6) is 0.781. The molecule has 3 aromatic heterocycles. The van der Waals surface area contributed by atoms with E-state index >= 15 is 0 Å². The van der Waals surface area contributed by atoms with E-state index in [2.05, 4.69) is 88.3 Å². The minimum absolute atomic E-state index is 0.575. The lowest BCUT2D eigenvalue weighted by Crippen LogP contribution is -2.12. The smallest absolute Gasteiger partial charge is 0.133 e. The third-order valence-electron chi connectivity index (χ3n) is 6.67. The topological polar surface area (TPSA) is 88.8 Å². The number of hydrogen-bond acceptors (Lipinski definition) is 6. The minimum Gasteiger partial charge on any atom is -0.398 e. The van der Waals surface area contributed by atoms with E-state index < -0.39 is 0 Å². The van der Waals surface area contributed by atoms with Crippen LogP contribution in [0.1, 0.15) is 22.3 Å². The molecule has 0 fully saturated rings. The van der Waals surface area contributed by atoms with Crippen molar-refractivity contribution in [2.45, 2.75) is 26.4 Å². The van der Waals surface area contributed by atoms with Gasteiger partial charge in [0.25, 0.3) is 0 Å². The van der Waals surface area contributed by atoms with Crippen molar-refractivity contribution in [1.29, 1.82) is 0 Å². The minimum atomic E-state index is 0.575. The molecule has 3 heterocycles. The van der Waals surface area contributed by atoms with Gasteiger partial charge in [-0.3, -0.25) is 9.97 Å². The first kappa shape index (κ1) is 28.8. The van der Waals surface area contributed by atoms with Crippen LogP contribution in [0.5, 0.6) is 0 Å². The maximum atomic E-state index is 6.37. The van der Waals surface area contributed by atoms with Crippen molar-refractivity contribution in [3.63, 3.8) is 0 Å². The summed E-state index contributed by atoms with van der Waals surface area (Å²) in [6, 6.07) is 24.7. The molecular formula is C35H34N6. The number of nitrogens with two attached hydrogens (primary N) is 1. The molecule has 0 saturated carbocycles. The molecule has 0 aliphatic rings. The third-order valence-corrected chi connectivity index (χ3v) is 6.67. The maximum Gasteiger partial charge on any atom is 0.133 e. The fourth-order valence-electron chi connectivity index (χ4n) is 4.58. The predicted octanol–water partition coefficient (Wildman–Crippen LogP) is 6.80. The van der Waals surface area contributed by atoms with Gasteiger partial charge in [-0.25, -0.2) is 4.98 Å². The summed E-state index contributed by atoms with van der Waals surface area (Å²) in [6.45, 7) is 7.88. The molecule has 204 valence electrons. The summed E-state index contributed by atoms with van der Waals surface area (Å²) < 4.78 is 0. The SMILES string of the molecule is C#C.C=C(Cc1cc(-c2cncc(CNCc3ccccc3)c2)ccc1N)Nc1nccc(-c2ccncc2)c1C. The van der Waals surface area contributed by atoms with Gasteiger partial charge in [-0.15, -0.1) is 12.8 Å². The summed E-state index contributed by atoms with van der Waals surface area (Å²) >= 11 is 0. The normalized spacial score (nSPS) is 10.3. The molecule has 0 unspecified atom stereocenters. The van der Waals surface area contributed by atoms with Crippen molar-refractivity contribution < 1.29 is 0 Å². The van der Waals surface area contributed by atoms with Crippen LogP contribution >= 0.6 is 0 Å². The molecule has 0 aliphatic carbocycles. The number of allylic oxidation sites excluding steroid dienone is 1. The summed E-state index contributed by atoms with van der Waals surface area (Å²) in [4.78, 5) is 13.2. The molecule has 0 atom stereocenters. The van der Waals surface area contributed by atoms with Crippen LogP contribution in [0.25, 0.3) is 22.3 Å². The lowest BCUT2D eigenvalue weighted by Gasteiger charge is -2.15. The zero-order valence-corrected chi connectivity index (χ0v) is 23.2. The largest absolute Gasteiger partial charge is 0.398 e. The molecule has 0 bridgehead atoms. The number of nitrogens with zero attached hydrogens (tertiary/aromatic N) is 3. The number of pyridine rings is 3. The number of rotatable bonds is 10. The van der Waals surface area contributed by atoms with Crippen LogP contribution in [-0.4, -0.2) is 15.0 Å². The summed E-state index contributed by atoms with van der Waals surface area (Å²) in [6.07, 6.45) is 17.8. The molecule has 5 aromatic rings. The Morgan fingerprint density at radius 3 is 2.34 bits per heavy atom. The number of benzene rings is 2. The summed E-state index contributed by atoms with van der Waals surface area (Å²) in [5, 5.41) is 6.90. The highest BCUT2D eigenvalue weighted by molar-refractivity contribution is 5.72. The van der Waals surface area contributed by atoms with Gasteiger partial charge >= 0.3 is 0 Å². The highest BCUT2D eigenvalue weighted by Crippen LogP contribution is 2.29. The van der Waals surface area contributed by atoms with Crippen molar-refractivity contribution in [2.75, 3.05) is 11.1 Å². The molecule has 0 aliphatic heterocycles. The van der Waals surface area contributed by atoms with Gasteiger partial charge in [0.2, 0.25) is 0 Å². The first-order valence-corrected chi connectivity index (χ1v) is 13.3. The van der Waals surface area contributed by atoms with Gasteiger partial charge in [0.1, 0.15) is 5.82 Å². The van der Waals surface area contributed by atoms with Crippen LogP contribution < -0.4 is 16.4 Å². The molecular weight excluding hydrogens is 504 g/mol. The first-order chi connectivity index (χ1) is 20.1. The van der Waals surface area contributed by atoms with Crippen molar-refractivity contribution in [2.24, 2.45) is 0 Å². The van der Waals surface area contributed by atoms with E-state index in [4.69, 9.17) is 5.73 Å². The average Bonchev–Trinajstić information content (AvgIpc) is 3.01. The van der Waals surface area contributed by atoms with E-state index in [0.717, 1.165) is 69.2 Å².